The summed E-state index contributed by atoms with van der Waals surface area (Å²) in [6, 6.07) is 11.4. The summed E-state index contributed by atoms with van der Waals surface area (Å²) >= 11 is 0. The standard InChI is InChI=1S/C18H31N3.ClH/c1-16-12-21(11-10-19-16)15-18(2,3)14-20(4)13-17-8-6-5-7-9-17;/h5-9,16,19H,10-15H2,1-4H3;1H/t16-;/m1./s1. The summed E-state index contributed by atoms with van der Waals surface area (Å²) in [5.74, 6) is 0. The van der Waals surface area contributed by atoms with Crippen LogP contribution in [0.25, 0.3) is 0 Å². The van der Waals surface area contributed by atoms with Crippen molar-refractivity contribution in [2.75, 3.05) is 39.8 Å². The first-order chi connectivity index (χ1) is 9.94. The molecule has 22 heavy (non-hydrogen) atoms. The Hall–Kier alpha value is -0.610. The molecule has 0 unspecified atom stereocenters. The van der Waals surface area contributed by atoms with Gasteiger partial charge >= 0.3 is 0 Å². The molecule has 1 aliphatic rings. The lowest BCUT2D eigenvalue weighted by Crippen LogP contribution is -2.52. The second kappa shape index (κ2) is 8.88. The van der Waals surface area contributed by atoms with E-state index in [-0.39, 0.29) is 12.4 Å². The molecule has 1 aromatic carbocycles. The highest BCUT2D eigenvalue weighted by Crippen LogP contribution is 2.20. The van der Waals surface area contributed by atoms with E-state index in [2.05, 4.69) is 73.3 Å². The van der Waals surface area contributed by atoms with Gasteiger partial charge in [-0.05, 0) is 24.9 Å². The minimum atomic E-state index is 0. The zero-order valence-electron chi connectivity index (χ0n) is 14.5. The highest BCUT2D eigenvalue weighted by molar-refractivity contribution is 5.85. The zero-order chi connectivity index (χ0) is 15.3. The van der Waals surface area contributed by atoms with E-state index in [1.807, 2.05) is 0 Å². The molecule has 0 spiro atoms. The molecule has 0 aliphatic carbocycles. The first-order valence-electron chi connectivity index (χ1n) is 8.13. The molecular weight excluding hydrogens is 294 g/mol. The molecule has 1 saturated heterocycles. The Labute approximate surface area is 142 Å². The average molecular weight is 326 g/mol. The van der Waals surface area contributed by atoms with Crippen LogP contribution in [0.15, 0.2) is 30.3 Å². The van der Waals surface area contributed by atoms with Crippen LogP contribution in [-0.2, 0) is 6.54 Å². The lowest BCUT2D eigenvalue weighted by molar-refractivity contribution is 0.109. The van der Waals surface area contributed by atoms with E-state index in [9.17, 15) is 0 Å². The first-order valence-corrected chi connectivity index (χ1v) is 8.13. The van der Waals surface area contributed by atoms with Gasteiger partial charge in [0.2, 0.25) is 0 Å². The van der Waals surface area contributed by atoms with Crippen molar-refractivity contribution in [3.05, 3.63) is 35.9 Å². The highest BCUT2D eigenvalue weighted by atomic mass is 35.5. The van der Waals surface area contributed by atoms with Crippen LogP contribution >= 0.6 is 12.4 Å². The van der Waals surface area contributed by atoms with Gasteiger partial charge in [0.1, 0.15) is 0 Å². The van der Waals surface area contributed by atoms with Gasteiger partial charge in [0.05, 0.1) is 0 Å². The lowest BCUT2D eigenvalue weighted by atomic mass is 9.91. The van der Waals surface area contributed by atoms with Gasteiger partial charge < -0.3 is 10.2 Å². The van der Waals surface area contributed by atoms with Gasteiger partial charge in [-0.2, -0.15) is 0 Å². The monoisotopic (exact) mass is 325 g/mol. The Bertz CT molecular complexity index is 422. The number of halogens is 1. The van der Waals surface area contributed by atoms with Gasteiger partial charge in [0, 0.05) is 45.3 Å². The van der Waals surface area contributed by atoms with Crippen LogP contribution in [0, 0.1) is 5.41 Å². The van der Waals surface area contributed by atoms with Crippen molar-refractivity contribution >= 4 is 12.4 Å². The molecule has 0 bridgehead atoms. The van der Waals surface area contributed by atoms with Crippen LogP contribution in [0.2, 0.25) is 0 Å². The summed E-state index contributed by atoms with van der Waals surface area (Å²) in [4.78, 5) is 5.05. The molecule has 1 aromatic rings. The Balaban J connectivity index is 0.00000242. The molecule has 4 heteroatoms. The fourth-order valence-electron chi connectivity index (χ4n) is 3.49. The second-order valence-corrected chi connectivity index (χ2v) is 7.41. The molecule has 1 aliphatic heterocycles. The molecule has 1 atom stereocenters. The van der Waals surface area contributed by atoms with Crippen LogP contribution in [-0.4, -0.2) is 55.6 Å². The van der Waals surface area contributed by atoms with Gasteiger partial charge in [-0.1, -0.05) is 44.2 Å². The number of nitrogens with zero attached hydrogens (tertiary/aromatic N) is 2. The molecule has 3 nitrogen and oxygen atoms in total. The third-order valence-corrected chi connectivity index (χ3v) is 4.10. The van der Waals surface area contributed by atoms with E-state index in [0.29, 0.717) is 11.5 Å². The Morgan fingerprint density at radius 2 is 1.95 bits per heavy atom. The van der Waals surface area contributed by atoms with Crippen molar-refractivity contribution in [2.24, 2.45) is 5.41 Å². The van der Waals surface area contributed by atoms with Crippen molar-refractivity contribution < 1.29 is 0 Å². The normalized spacial score (nSPS) is 20.0. The third-order valence-electron chi connectivity index (χ3n) is 4.10. The topological polar surface area (TPSA) is 18.5 Å². The Morgan fingerprint density at radius 1 is 1.27 bits per heavy atom. The van der Waals surface area contributed by atoms with E-state index < -0.39 is 0 Å². The van der Waals surface area contributed by atoms with Gasteiger partial charge in [0.25, 0.3) is 0 Å². The van der Waals surface area contributed by atoms with Crippen LogP contribution in [0.5, 0.6) is 0 Å². The number of benzene rings is 1. The summed E-state index contributed by atoms with van der Waals surface area (Å²) in [6.45, 7) is 13.9. The molecule has 1 heterocycles. The molecule has 2 rings (SSSR count). The predicted octanol–water partition coefficient (Wildman–Crippen LogP) is 2.86. The molecule has 1 N–H and O–H groups in total. The van der Waals surface area contributed by atoms with E-state index in [4.69, 9.17) is 0 Å². The number of hydrogen-bond acceptors (Lipinski definition) is 3. The van der Waals surface area contributed by atoms with Gasteiger partial charge in [-0.25, -0.2) is 0 Å². The summed E-state index contributed by atoms with van der Waals surface area (Å²) in [7, 11) is 2.23. The first kappa shape index (κ1) is 19.4. The van der Waals surface area contributed by atoms with Crippen molar-refractivity contribution in [2.45, 2.75) is 33.4 Å². The van der Waals surface area contributed by atoms with Gasteiger partial charge in [0.15, 0.2) is 0 Å². The number of rotatable bonds is 6. The fourth-order valence-corrected chi connectivity index (χ4v) is 3.49. The van der Waals surface area contributed by atoms with E-state index in [0.717, 1.165) is 19.6 Å². The van der Waals surface area contributed by atoms with Crippen molar-refractivity contribution in [1.82, 2.24) is 15.1 Å². The summed E-state index contributed by atoms with van der Waals surface area (Å²) in [6.07, 6.45) is 0. The Kier molecular flexibility index (Phi) is 7.84. The molecule has 0 saturated carbocycles. The zero-order valence-corrected chi connectivity index (χ0v) is 15.3. The molecule has 0 aromatic heterocycles. The number of piperazine rings is 1. The third kappa shape index (κ3) is 6.66. The maximum absolute atomic E-state index is 3.52. The number of hydrogen-bond donors (Lipinski definition) is 1. The van der Waals surface area contributed by atoms with Crippen LogP contribution in [0.3, 0.4) is 0 Å². The quantitative estimate of drug-likeness (QED) is 0.867. The number of nitrogens with one attached hydrogen (secondary N) is 1. The molecule has 1 fully saturated rings. The smallest absolute Gasteiger partial charge is 0.0230 e. The minimum Gasteiger partial charge on any atom is -0.312 e. The van der Waals surface area contributed by atoms with E-state index in [1.165, 1.54) is 25.2 Å². The minimum absolute atomic E-state index is 0. The average Bonchev–Trinajstić information content (AvgIpc) is 2.38. The molecule has 126 valence electrons. The maximum atomic E-state index is 3.52. The SMILES string of the molecule is C[C@@H]1CN(CC(C)(C)CN(C)Cc2ccccc2)CCN1.Cl. The van der Waals surface area contributed by atoms with Crippen LogP contribution in [0.4, 0.5) is 0 Å². The summed E-state index contributed by atoms with van der Waals surface area (Å²) in [5, 5.41) is 3.52. The Morgan fingerprint density at radius 3 is 2.59 bits per heavy atom. The van der Waals surface area contributed by atoms with Gasteiger partial charge in [-0.15, -0.1) is 12.4 Å². The highest BCUT2D eigenvalue weighted by Gasteiger charge is 2.26. The van der Waals surface area contributed by atoms with E-state index >= 15 is 0 Å². The maximum Gasteiger partial charge on any atom is 0.0230 e. The van der Waals surface area contributed by atoms with Crippen molar-refractivity contribution in [3.8, 4) is 0 Å². The fraction of sp³-hybridized carbons (Fsp3) is 0.667. The molecule has 0 radical (unpaired) electrons. The van der Waals surface area contributed by atoms with E-state index in [1.54, 1.807) is 0 Å². The predicted molar refractivity (Wildman–Crippen MR) is 97.7 cm³/mol. The second-order valence-electron chi connectivity index (χ2n) is 7.41. The largest absolute Gasteiger partial charge is 0.312 e. The molecule has 0 amide bonds. The van der Waals surface area contributed by atoms with Gasteiger partial charge in [-0.3, -0.25) is 4.90 Å². The van der Waals surface area contributed by atoms with Crippen LogP contribution in [0.1, 0.15) is 26.3 Å². The van der Waals surface area contributed by atoms with Crippen LogP contribution < -0.4 is 5.32 Å². The van der Waals surface area contributed by atoms with Crippen molar-refractivity contribution in [1.29, 1.82) is 0 Å². The lowest BCUT2D eigenvalue weighted by Gasteiger charge is -2.39. The summed E-state index contributed by atoms with van der Waals surface area (Å²) in [5.41, 5.74) is 1.72. The summed E-state index contributed by atoms with van der Waals surface area (Å²) < 4.78 is 0. The van der Waals surface area contributed by atoms with Crippen molar-refractivity contribution in [3.63, 3.8) is 0 Å². The molecular formula is C18H32ClN3.